The van der Waals surface area contributed by atoms with Gasteiger partial charge in [-0.05, 0) is 43.5 Å². The van der Waals surface area contributed by atoms with E-state index in [1.165, 1.54) is 10.7 Å². The van der Waals surface area contributed by atoms with Crippen LogP contribution < -0.4 is 10.9 Å². The fourth-order valence-electron chi connectivity index (χ4n) is 3.92. The van der Waals surface area contributed by atoms with Gasteiger partial charge in [-0.1, -0.05) is 42.5 Å². The number of hydrogen-bond donors (Lipinski definition) is 1. The molecule has 1 saturated heterocycles. The summed E-state index contributed by atoms with van der Waals surface area (Å²) in [7, 11) is 0. The fourth-order valence-corrected chi connectivity index (χ4v) is 3.92. The SMILES string of the molecule is CC1(C)C[C@@H](NC(=O)Cn2nc(-c3cccc4ccccc34)ccc2=O)CCO1. The average Bonchev–Trinajstić information content (AvgIpc) is 2.68. The summed E-state index contributed by atoms with van der Waals surface area (Å²) in [5, 5.41) is 9.65. The highest BCUT2D eigenvalue weighted by atomic mass is 16.5. The van der Waals surface area contributed by atoms with Crippen LogP contribution in [0.3, 0.4) is 0 Å². The Kier molecular flexibility index (Phi) is 5.20. The Balaban J connectivity index is 1.56. The maximum absolute atomic E-state index is 12.6. The first kappa shape index (κ1) is 19.3. The van der Waals surface area contributed by atoms with E-state index in [0.29, 0.717) is 12.3 Å². The molecule has 0 saturated carbocycles. The lowest BCUT2D eigenvalue weighted by molar-refractivity contribution is -0.124. The first-order chi connectivity index (χ1) is 13.9. The van der Waals surface area contributed by atoms with Crippen LogP contribution in [0.2, 0.25) is 0 Å². The number of carbonyl (C=O) groups excluding carboxylic acids is 1. The van der Waals surface area contributed by atoms with Gasteiger partial charge in [0.05, 0.1) is 11.3 Å². The van der Waals surface area contributed by atoms with Crippen molar-refractivity contribution in [2.45, 2.75) is 44.9 Å². The van der Waals surface area contributed by atoms with Crippen LogP contribution >= 0.6 is 0 Å². The molecular weight excluding hydrogens is 366 g/mol. The summed E-state index contributed by atoms with van der Waals surface area (Å²) in [6.45, 7) is 4.55. The molecule has 1 aliphatic heterocycles. The Morgan fingerprint density at radius 3 is 2.79 bits per heavy atom. The minimum Gasteiger partial charge on any atom is -0.375 e. The monoisotopic (exact) mass is 391 g/mol. The number of carbonyl (C=O) groups is 1. The minimum absolute atomic E-state index is 0.0446. The predicted octanol–water partition coefficient (Wildman–Crippen LogP) is 3.14. The Hall–Kier alpha value is -2.99. The molecule has 29 heavy (non-hydrogen) atoms. The largest absolute Gasteiger partial charge is 0.375 e. The maximum Gasteiger partial charge on any atom is 0.267 e. The van der Waals surface area contributed by atoms with Crippen molar-refractivity contribution in [1.29, 1.82) is 0 Å². The summed E-state index contributed by atoms with van der Waals surface area (Å²) in [6, 6.07) is 17.2. The molecule has 0 radical (unpaired) electrons. The van der Waals surface area contributed by atoms with Gasteiger partial charge in [0.15, 0.2) is 0 Å². The van der Waals surface area contributed by atoms with Crippen LogP contribution in [0.25, 0.3) is 22.0 Å². The molecule has 6 nitrogen and oxygen atoms in total. The molecule has 2 heterocycles. The van der Waals surface area contributed by atoms with E-state index in [2.05, 4.69) is 10.4 Å². The molecule has 150 valence electrons. The highest BCUT2D eigenvalue weighted by Crippen LogP contribution is 2.26. The summed E-state index contributed by atoms with van der Waals surface area (Å²) in [5.74, 6) is -0.211. The molecule has 1 N–H and O–H groups in total. The summed E-state index contributed by atoms with van der Waals surface area (Å²) >= 11 is 0. The van der Waals surface area contributed by atoms with Gasteiger partial charge >= 0.3 is 0 Å². The van der Waals surface area contributed by atoms with Gasteiger partial charge < -0.3 is 10.1 Å². The van der Waals surface area contributed by atoms with Crippen molar-refractivity contribution < 1.29 is 9.53 Å². The van der Waals surface area contributed by atoms with Crippen molar-refractivity contribution in [3.8, 4) is 11.3 Å². The molecule has 0 aliphatic carbocycles. The van der Waals surface area contributed by atoms with Crippen LogP contribution in [0.1, 0.15) is 26.7 Å². The summed E-state index contributed by atoms with van der Waals surface area (Å²) < 4.78 is 6.93. The lowest BCUT2D eigenvalue weighted by atomic mass is 9.94. The smallest absolute Gasteiger partial charge is 0.267 e. The predicted molar refractivity (Wildman–Crippen MR) is 113 cm³/mol. The molecule has 1 aliphatic rings. The van der Waals surface area contributed by atoms with Gasteiger partial charge in [0.25, 0.3) is 5.56 Å². The number of hydrogen-bond acceptors (Lipinski definition) is 4. The van der Waals surface area contributed by atoms with E-state index in [4.69, 9.17) is 4.74 Å². The molecule has 1 amide bonds. The van der Waals surface area contributed by atoms with Crippen molar-refractivity contribution >= 4 is 16.7 Å². The topological polar surface area (TPSA) is 73.2 Å². The number of ether oxygens (including phenoxy) is 1. The van der Waals surface area contributed by atoms with Crippen molar-refractivity contribution in [2.24, 2.45) is 0 Å². The Labute approximate surface area is 169 Å². The van der Waals surface area contributed by atoms with E-state index in [1.54, 1.807) is 6.07 Å². The van der Waals surface area contributed by atoms with Crippen LogP contribution in [0.5, 0.6) is 0 Å². The number of aromatic nitrogens is 2. The second-order valence-corrected chi connectivity index (χ2v) is 8.11. The van der Waals surface area contributed by atoms with Crippen molar-refractivity contribution in [3.63, 3.8) is 0 Å². The second-order valence-electron chi connectivity index (χ2n) is 8.11. The summed E-state index contributed by atoms with van der Waals surface area (Å²) in [5.41, 5.74) is 1.06. The Bertz CT molecular complexity index is 1100. The fraction of sp³-hybridized carbons (Fsp3) is 0.348. The lowest BCUT2D eigenvalue weighted by Crippen LogP contribution is -2.47. The quantitative estimate of drug-likeness (QED) is 0.742. The summed E-state index contributed by atoms with van der Waals surface area (Å²) in [4.78, 5) is 24.9. The number of fused-ring (bicyclic) bond motifs is 1. The summed E-state index contributed by atoms with van der Waals surface area (Å²) in [6.07, 6.45) is 1.52. The van der Waals surface area contributed by atoms with E-state index in [1.807, 2.05) is 56.3 Å². The van der Waals surface area contributed by atoms with Gasteiger partial charge in [-0.25, -0.2) is 4.68 Å². The zero-order chi connectivity index (χ0) is 20.4. The molecule has 2 aromatic carbocycles. The Morgan fingerprint density at radius 1 is 1.17 bits per heavy atom. The van der Waals surface area contributed by atoms with Crippen LogP contribution in [0.15, 0.2) is 59.4 Å². The first-order valence-electron chi connectivity index (χ1n) is 9.91. The average molecular weight is 391 g/mol. The number of rotatable bonds is 4. The highest BCUT2D eigenvalue weighted by molar-refractivity contribution is 5.95. The van der Waals surface area contributed by atoms with E-state index in [0.717, 1.165) is 29.2 Å². The third-order valence-electron chi connectivity index (χ3n) is 5.29. The van der Waals surface area contributed by atoms with Crippen molar-refractivity contribution in [3.05, 3.63) is 65.0 Å². The van der Waals surface area contributed by atoms with Crippen LogP contribution in [-0.2, 0) is 16.1 Å². The molecule has 0 bridgehead atoms. The molecular formula is C23H25N3O3. The standard InChI is InChI=1S/C23H25N3O3/c1-23(2)14-17(12-13-29-23)24-21(27)15-26-22(28)11-10-20(25-26)19-9-5-7-16-6-3-4-8-18(16)19/h3-11,17H,12-15H2,1-2H3,(H,24,27)/t17-/m0/s1. The molecule has 0 spiro atoms. The van der Waals surface area contributed by atoms with E-state index in [9.17, 15) is 9.59 Å². The van der Waals surface area contributed by atoms with E-state index < -0.39 is 0 Å². The van der Waals surface area contributed by atoms with Gasteiger partial charge in [-0.3, -0.25) is 9.59 Å². The number of nitrogens with zero attached hydrogens (tertiary/aromatic N) is 2. The maximum atomic E-state index is 12.6. The highest BCUT2D eigenvalue weighted by Gasteiger charge is 2.29. The van der Waals surface area contributed by atoms with Gasteiger partial charge in [-0.15, -0.1) is 0 Å². The van der Waals surface area contributed by atoms with Gasteiger partial charge in [0.1, 0.15) is 6.54 Å². The molecule has 6 heteroatoms. The Morgan fingerprint density at radius 2 is 1.97 bits per heavy atom. The molecule has 4 rings (SSSR count). The van der Waals surface area contributed by atoms with Gasteiger partial charge in [0.2, 0.25) is 5.91 Å². The number of nitrogens with one attached hydrogen (secondary N) is 1. The van der Waals surface area contributed by atoms with Gasteiger partial charge in [-0.2, -0.15) is 5.10 Å². The molecule has 0 unspecified atom stereocenters. The van der Waals surface area contributed by atoms with Crippen LogP contribution in [0, 0.1) is 0 Å². The van der Waals surface area contributed by atoms with Crippen LogP contribution in [0.4, 0.5) is 0 Å². The zero-order valence-corrected chi connectivity index (χ0v) is 16.7. The second kappa shape index (κ2) is 7.79. The van der Waals surface area contributed by atoms with Crippen molar-refractivity contribution in [2.75, 3.05) is 6.61 Å². The zero-order valence-electron chi connectivity index (χ0n) is 16.7. The lowest BCUT2D eigenvalue weighted by Gasteiger charge is -2.35. The normalized spacial score (nSPS) is 18.5. The molecule has 1 aromatic heterocycles. The molecule has 1 fully saturated rings. The van der Waals surface area contributed by atoms with E-state index >= 15 is 0 Å². The molecule has 3 aromatic rings. The van der Waals surface area contributed by atoms with Crippen LogP contribution in [-0.4, -0.2) is 33.9 Å². The van der Waals surface area contributed by atoms with E-state index in [-0.39, 0.29) is 29.7 Å². The minimum atomic E-state index is -0.295. The number of benzene rings is 2. The van der Waals surface area contributed by atoms with Crippen molar-refractivity contribution in [1.82, 2.24) is 15.1 Å². The number of amides is 1. The van der Waals surface area contributed by atoms with Gasteiger partial charge in [0, 0.05) is 24.3 Å². The molecule has 1 atom stereocenters. The third-order valence-corrected chi connectivity index (χ3v) is 5.29. The third kappa shape index (κ3) is 4.38. The first-order valence-corrected chi connectivity index (χ1v) is 9.91.